The Kier molecular flexibility index (Phi) is 3.45. The summed E-state index contributed by atoms with van der Waals surface area (Å²) in [6.07, 6.45) is -3.99. The minimum atomic E-state index is -4.72. The standard InChI is InChI=1S/C15H15ClF3NO2/c16-11-3-1-10(2-4-11)13(5-6-13)12(21)20-8-7-14(22,9-20)15(17,18)19/h1-4,22H,5-9H2/t14-/m0/s1. The summed E-state index contributed by atoms with van der Waals surface area (Å²) in [5, 5.41) is 10.2. The molecule has 1 aliphatic carbocycles. The van der Waals surface area contributed by atoms with Crippen molar-refractivity contribution in [1.29, 1.82) is 0 Å². The molecule has 1 aromatic rings. The van der Waals surface area contributed by atoms with E-state index in [0.29, 0.717) is 17.9 Å². The molecule has 2 aliphatic rings. The van der Waals surface area contributed by atoms with Crippen LogP contribution in [-0.2, 0) is 10.2 Å². The van der Waals surface area contributed by atoms with Crippen molar-refractivity contribution in [2.45, 2.75) is 36.5 Å². The largest absolute Gasteiger partial charge is 0.419 e. The molecule has 0 aromatic heterocycles. The molecule has 1 atom stereocenters. The van der Waals surface area contributed by atoms with Gasteiger partial charge in [-0.3, -0.25) is 4.79 Å². The van der Waals surface area contributed by atoms with E-state index in [4.69, 9.17) is 11.6 Å². The first kappa shape index (κ1) is 15.6. The SMILES string of the molecule is O=C(N1CC[C@@](O)(C(F)(F)F)C1)C1(c2ccc(Cl)cc2)CC1. The van der Waals surface area contributed by atoms with Gasteiger partial charge in [0.1, 0.15) is 0 Å². The van der Waals surface area contributed by atoms with Crippen molar-refractivity contribution in [1.82, 2.24) is 4.90 Å². The van der Waals surface area contributed by atoms with E-state index in [1.807, 2.05) is 0 Å². The Morgan fingerprint density at radius 2 is 1.77 bits per heavy atom. The number of β-amino-alcohol motifs (C(OH)–C–C–N with tert-alkyl or cyclic N) is 1. The van der Waals surface area contributed by atoms with Crippen LogP contribution in [0.4, 0.5) is 13.2 Å². The Morgan fingerprint density at radius 1 is 1.18 bits per heavy atom. The number of alkyl halides is 3. The lowest BCUT2D eigenvalue weighted by molar-refractivity contribution is -0.253. The van der Waals surface area contributed by atoms with Gasteiger partial charge in [0.25, 0.3) is 0 Å². The Labute approximate surface area is 130 Å². The molecule has 1 aliphatic heterocycles. The van der Waals surface area contributed by atoms with E-state index < -0.39 is 30.2 Å². The van der Waals surface area contributed by atoms with Crippen molar-refractivity contribution in [3.05, 3.63) is 34.9 Å². The smallest absolute Gasteiger partial charge is 0.379 e. The van der Waals surface area contributed by atoms with Crippen molar-refractivity contribution < 1.29 is 23.1 Å². The molecule has 3 nitrogen and oxygen atoms in total. The molecule has 1 saturated carbocycles. The zero-order valence-corrected chi connectivity index (χ0v) is 12.4. The molecular formula is C15H15ClF3NO2. The Balaban J connectivity index is 1.79. The number of aliphatic hydroxyl groups is 1. The van der Waals surface area contributed by atoms with Crippen molar-refractivity contribution in [2.24, 2.45) is 0 Å². The van der Waals surface area contributed by atoms with Crippen LogP contribution in [0.25, 0.3) is 0 Å². The van der Waals surface area contributed by atoms with Gasteiger partial charge in [-0.05, 0) is 30.5 Å². The number of rotatable bonds is 2. The number of halogens is 4. The van der Waals surface area contributed by atoms with Crippen LogP contribution in [-0.4, -0.2) is 40.8 Å². The Bertz CT molecular complexity index is 598. The molecule has 7 heteroatoms. The summed E-state index contributed by atoms with van der Waals surface area (Å²) in [7, 11) is 0. The average Bonchev–Trinajstić information content (AvgIpc) is 3.15. The Hall–Kier alpha value is -1.27. The first-order valence-corrected chi connectivity index (χ1v) is 7.40. The van der Waals surface area contributed by atoms with Crippen molar-refractivity contribution in [3.63, 3.8) is 0 Å². The highest BCUT2D eigenvalue weighted by atomic mass is 35.5. The predicted octanol–water partition coefficient (Wildman–Crippen LogP) is 2.90. The lowest BCUT2D eigenvalue weighted by atomic mass is 9.94. The van der Waals surface area contributed by atoms with E-state index in [-0.39, 0.29) is 12.5 Å². The molecule has 0 radical (unpaired) electrons. The molecule has 0 bridgehead atoms. The van der Waals surface area contributed by atoms with Crippen molar-refractivity contribution in [2.75, 3.05) is 13.1 Å². The van der Waals surface area contributed by atoms with E-state index in [1.54, 1.807) is 24.3 Å². The highest BCUT2D eigenvalue weighted by molar-refractivity contribution is 6.30. The summed E-state index contributed by atoms with van der Waals surface area (Å²) in [6.45, 7) is -0.769. The van der Waals surface area contributed by atoms with Gasteiger partial charge in [0.15, 0.2) is 5.60 Å². The van der Waals surface area contributed by atoms with Crippen LogP contribution in [0.15, 0.2) is 24.3 Å². The zero-order valence-electron chi connectivity index (χ0n) is 11.7. The topological polar surface area (TPSA) is 40.5 Å². The lowest BCUT2D eigenvalue weighted by Gasteiger charge is -2.28. The highest BCUT2D eigenvalue weighted by Crippen LogP contribution is 2.51. The van der Waals surface area contributed by atoms with Crippen LogP contribution in [0, 0.1) is 0 Å². The molecule has 1 saturated heterocycles. The molecule has 3 rings (SSSR count). The number of likely N-dealkylation sites (tertiary alicyclic amines) is 1. The number of benzene rings is 1. The second kappa shape index (κ2) is 4.86. The molecule has 1 heterocycles. The molecule has 120 valence electrons. The number of hydrogen-bond acceptors (Lipinski definition) is 2. The van der Waals surface area contributed by atoms with Gasteiger partial charge >= 0.3 is 6.18 Å². The van der Waals surface area contributed by atoms with E-state index >= 15 is 0 Å². The zero-order chi connectivity index (χ0) is 16.2. The second-order valence-electron chi connectivity index (χ2n) is 6.10. The van der Waals surface area contributed by atoms with Gasteiger partial charge in [-0.1, -0.05) is 23.7 Å². The first-order valence-electron chi connectivity index (χ1n) is 7.03. The maximum Gasteiger partial charge on any atom is 0.419 e. The number of carbonyl (C=O) groups is 1. The number of nitrogens with zero attached hydrogens (tertiary/aromatic N) is 1. The van der Waals surface area contributed by atoms with E-state index in [2.05, 4.69) is 0 Å². The summed E-state index contributed by atoms with van der Waals surface area (Å²) in [6, 6.07) is 6.80. The first-order chi connectivity index (χ1) is 10.2. The van der Waals surface area contributed by atoms with Crippen LogP contribution in [0.5, 0.6) is 0 Å². The monoisotopic (exact) mass is 333 g/mol. The number of amides is 1. The fourth-order valence-electron chi connectivity index (χ4n) is 3.02. The van der Waals surface area contributed by atoms with Gasteiger partial charge in [0.2, 0.25) is 5.91 Å². The molecule has 1 aromatic carbocycles. The van der Waals surface area contributed by atoms with E-state index in [9.17, 15) is 23.1 Å². The molecule has 1 amide bonds. The third kappa shape index (κ3) is 2.38. The summed E-state index contributed by atoms with van der Waals surface area (Å²) >= 11 is 5.82. The molecule has 0 spiro atoms. The van der Waals surface area contributed by atoms with Gasteiger partial charge < -0.3 is 10.0 Å². The van der Waals surface area contributed by atoms with Crippen molar-refractivity contribution >= 4 is 17.5 Å². The van der Waals surface area contributed by atoms with Crippen molar-refractivity contribution in [3.8, 4) is 0 Å². The second-order valence-corrected chi connectivity index (χ2v) is 6.53. The minimum absolute atomic E-state index is 0.0792. The van der Waals surface area contributed by atoms with Crippen LogP contribution in [0.3, 0.4) is 0 Å². The fraction of sp³-hybridized carbons (Fsp3) is 0.533. The fourth-order valence-corrected chi connectivity index (χ4v) is 3.15. The third-order valence-corrected chi connectivity index (χ3v) is 4.87. The third-order valence-electron chi connectivity index (χ3n) is 4.62. The van der Waals surface area contributed by atoms with Gasteiger partial charge in [-0.15, -0.1) is 0 Å². The number of carbonyl (C=O) groups excluding carboxylic acids is 1. The van der Waals surface area contributed by atoms with E-state index in [1.165, 1.54) is 0 Å². The molecular weight excluding hydrogens is 319 g/mol. The number of hydrogen-bond donors (Lipinski definition) is 1. The highest BCUT2D eigenvalue weighted by Gasteiger charge is 2.61. The molecule has 1 N–H and O–H groups in total. The molecule has 22 heavy (non-hydrogen) atoms. The van der Waals surface area contributed by atoms with E-state index in [0.717, 1.165) is 10.5 Å². The quantitative estimate of drug-likeness (QED) is 0.904. The maximum absolute atomic E-state index is 12.9. The van der Waals surface area contributed by atoms with Gasteiger partial charge in [-0.25, -0.2) is 0 Å². The van der Waals surface area contributed by atoms with Crippen LogP contribution >= 0.6 is 11.6 Å². The minimum Gasteiger partial charge on any atom is -0.379 e. The summed E-state index contributed by atoms with van der Waals surface area (Å²) < 4.78 is 38.6. The summed E-state index contributed by atoms with van der Waals surface area (Å²) in [5.74, 6) is -0.338. The van der Waals surface area contributed by atoms with Gasteiger partial charge in [-0.2, -0.15) is 13.2 Å². The summed E-state index contributed by atoms with van der Waals surface area (Å²) in [4.78, 5) is 13.8. The molecule has 2 fully saturated rings. The predicted molar refractivity (Wildman–Crippen MR) is 74.6 cm³/mol. The van der Waals surface area contributed by atoms with Gasteiger partial charge in [0, 0.05) is 18.0 Å². The summed E-state index contributed by atoms with van der Waals surface area (Å²) in [5.41, 5.74) is -2.77. The van der Waals surface area contributed by atoms with Crippen LogP contribution in [0.2, 0.25) is 5.02 Å². The van der Waals surface area contributed by atoms with Gasteiger partial charge in [0.05, 0.1) is 12.0 Å². The molecule has 0 unspecified atom stereocenters. The lowest BCUT2D eigenvalue weighted by Crippen LogP contribution is -2.49. The maximum atomic E-state index is 12.9. The Morgan fingerprint density at radius 3 is 2.23 bits per heavy atom. The van der Waals surface area contributed by atoms with Crippen LogP contribution in [0.1, 0.15) is 24.8 Å². The average molecular weight is 334 g/mol. The normalized spacial score (nSPS) is 27.0. The van der Waals surface area contributed by atoms with Crippen LogP contribution < -0.4 is 0 Å².